The summed E-state index contributed by atoms with van der Waals surface area (Å²) in [5, 5.41) is 10.3. The number of benzene rings is 1. The fourth-order valence-electron chi connectivity index (χ4n) is 1.48. The maximum atomic E-state index is 9.85. The fourth-order valence-corrected chi connectivity index (χ4v) is 1.69. The minimum absolute atomic E-state index is 0.0335. The second-order valence-corrected chi connectivity index (χ2v) is 4.38. The molecule has 0 bridgehead atoms. The highest BCUT2D eigenvalue weighted by Gasteiger charge is 2.19. The summed E-state index contributed by atoms with van der Waals surface area (Å²) >= 11 is 5.95. The molecule has 3 N–H and O–H groups in total. The van der Waals surface area contributed by atoms with E-state index >= 15 is 0 Å². The number of methoxy groups -OCH3 is 1. The second kappa shape index (κ2) is 6.10. The quantitative estimate of drug-likeness (QED) is 0.850. The molecule has 0 aliphatic rings. The van der Waals surface area contributed by atoms with E-state index in [4.69, 9.17) is 26.8 Å². The zero-order chi connectivity index (χ0) is 13.0. The molecule has 17 heavy (non-hydrogen) atoms. The molecule has 1 aromatic carbocycles. The van der Waals surface area contributed by atoms with Crippen molar-refractivity contribution in [1.29, 1.82) is 0 Å². The predicted octanol–water partition coefficient (Wildman–Crippen LogP) is 2.13. The van der Waals surface area contributed by atoms with E-state index in [2.05, 4.69) is 0 Å². The molecule has 1 aromatic rings. The first-order valence-electron chi connectivity index (χ1n) is 5.41. The van der Waals surface area contributed by atoms with Crippen molar-refractivity contribution in [3.63, 3.8) is 0 Å². The number of rotatable bonds is 5. The van der Waals surface area contributed by atoms with Crippen LogP contribution in [0.5, 0.6) is 11.5 Å². The highest BCUT2D eigenvalue weighted by atomic mass is 35.5. The molecular formula is C12H18ClNO3. The van der Waals surface area contributed by atoms with E-state index in [0.717, 1.165) is 0 Å². The molecule has 0 fully saturated rings. The third-order valence-corrected chi connectivity index (χ3v) is 2.42. The van der Waals surface area contributed by atoms with Gasteiger partial charge >= 0.3 is 0 Å². The predicted molar refractivity (Wildman–Crippen MR) is 67.8 cm³/mol. The number of aliphatic hydroxyl groups is 1. The molecule has 0 amide bonds. The van der Waals surface area contributed by atoms with Crippen molar-refractivity contribution >= 4 is 11.6 Å². The molecule has 0 aliphatic heterocycles. The van der Waals surface area contributed by atoms with Gasteiger partial charge in [-0.25, -0.2) is 0 Å². The summed E-state index contributed by atoms with van der Waals surface area (Å²) < 4.78 is 10.8. The Morgan fingerprint density at radius 3 is 2.53 bits per heavy atom. The summed E-state index contributed by atoms with van der Waals surface area (Å²) in [5.41, 5.74) is 6.00. The van der Waals surface area contributed by atoms with Gasteiger partial charge in [-0.3, -0.25) is 0 Å². The maximum absolute atomic E-state index is 9.85. The third kappa shape index (κ3) is 3.49. The fraction of sp³-hybridized carbons (Fsp3) is 0.500. The van der Waals surface area contributed by atoms with Crippen LogP contribution in [0.25, 0.3) is 0 Å². The van der Waals surface area contributed by atoms with E-state index in [-0.39, 0.29) is 12.6 Å². The van der Waals surface area contributed by atoms with Crippen molar-refractivity contribution in [3.8, 4) is 11.5 Å². The second-order valence-electron chi connectivity index (χ2n) is 3.94. The first-order valence-corrected chi connectivity index (χ1v) is 5.79. The van der Waals surface area contributed by atoms with E-state index in [9.17, 15) is 5.11 Å². The van der Waals surface area contributed by atoms with Gasteiger partial charge in [-0.05, 0) is 19.9 Å². The molecule has 0 spiro atoms. The topological polar surface area (TPSA) is 64.7 Å². The van der Waals surface area contributed by atoms with Gasteiger partial charge < -0.3 is 20.3 Å². The molecule has 0 radical (unpaired) electrons. The molecule has 1 unspecified atom stereocenters. The SMILES string of the molecule is COc1cc(Cl)cc(C(O)CN)c1OC(C)C. The number of hydrogen-bond donors (Lipinski definition) is 2. The van der Waals surface area contributed by atoms with Gasteiger partial charge in [0.1, 0.15) is 0 Å². The molecule has 0 heterocycles. The van der Waals surface area contributed by atoms with Crippen LogP contribution in [-0.4, -0.2) is 24.9 Å². The highest BCUT2D eigenvalue weighted by molar-refractivity contribution is 6.30. The lowest BCUT2D eigenvalue weighted by Gasteiger charge is -2.20. The van der Waals surface area contributed by atoms with Gasteiger partial charge in [-0.15, -0.1) is 0 Å². The number of hydrogen-bond acceptors (Lipinski definition) is 4. The Hall–Kier alpha value is -0.970. The molecule has 4 nitrogen and oxygen atoms in total. The maximum Gasteiger partial charge on any atom is 0.167 e. The van der Waals surface area contributed by atoms with Crippen LogP contribution >= 0.6 is 11.6 Å². The molecule has 1 atom stereocenters. The van der Waals surface area contributed by atoms with Gasteiger partial charge in [0.15, 0.2) is 11.5 Å². The van der Waals surface area contributed by atoms with E-state index in [1.54, 1.807) is 12.1 Å². The van der Waals surface area contributed by atoms with Crippen LogP contribution < -0.4 is 15.2 Å². The van der Waals surface area contributed by atoms with Gasteiger partial charge in [0, 0.05) is 23.2 Å². The molecular weight excluding hydrogens is 242 g/mol. The van der Waals surface area contributed by atoms with E-state index < -0.39 is 6.10 Å². The van der Waals surface area contributed by atoms with Crippen molar-refractivity contribution in [1.82, 2.24) is 0 Å². The molecule has 0 saturated heterocycles. The molecule has 5 heteroatoms. The Morgan fingerprint density at radius 2 is 2.06 bits per heavy atom. The summed E-state index contributed by atoms with van der Waals surface area (Å²) in [7, 11) is 1.53. The molecule has 0 aliphatic carbocycles. The Balaban J connectivity index is 3.27. The lowest BCUT2D eigenvalue weighted by Crippen LogP contribution is -2.15. The first kappa shape index (κ1) is 14.1. The zero-order valence-corrected chi connectivity index (χ0v) is 11.0. The average Bonchev–Trinajstić information content (AvgIpc) is 2.29. The summed E-state index contributed by atoms with van der Waals surface area (Å²) in [6.07, 6.45) is -0.856. The molecule has 0 saturated carbocycles. The Morgan fingerprint density at radius 1 is 1.41 bits per heavy atom. The first-order chi connectivity index (χ1) is 7.99. The van der Waals surface area contributed by atoms with Crippen LogP contribution in [0.2, 0.25) is 5.02 Å². The summed E-state index contributed by atoms with van der Waals surface area (Å²) in [6.45, 7) is 3.89. The summed E-state index contributed by atoms with van der Waals surface area (Å²) in [5.74, 6) is 0.985. The van der Waals surface area contributed by atoms with Gasteiger partial charge in [-0.2, -0.15) is 0 Å². The zero-order valence-electron chi connectivity index (χ0n) is 10.2. The average molecular weight is 260 g/mol. The lowest BCUT2D eigenvalue weighted by molar-refractivity contribution is 0.170. The Labute approximate surface area is 106 Å². The molecule has 96 valence electrons. The molecule has 1 rings (SSSR count). The molecule has 0 aromatic heterocycles. The number of nitrogens with two attached hydrogens (primary N) is 1. The lowest BCUT2D eigenvalue weighted by atomic mass is 10.1. The minimum Gasteiger partial charge on any atom is -0.493 e. The van der Waals surface area contributed by atoms with Crippen LogP contribution in [0.4, 0.5) is 0 Å². The van der Waals surface area contributed by atoms with Crippen LogP contribution in [-0.2, 0) is 0 Å². The number of halogens is 1. The van der Waals surface area contributed by atoms with Crippen molar-refractivity contribution in [3.05, 3.63) is 22.7 Å². The van der Waals surface area contributed by atoms with E-state index in [1.807, 2.05) is 13.8 Å². The highest BCUT2D eigenvalue weighted by Crippen LogP contribution is 2.38. The summed E-state index contributed by atoms with van der Waals surface area (Å²) in [6, 6.07) is 3.28. The Kier molecular flexibility index (Phi) is 5.05. The van der Waals surface area contributed by atoms with Gasteiger partial charge in [0.2, 0.25) is 0 Å². The van der Waals surface area contributed by atoms with E-state index in [1.165, 1.54) is 7.11 Å². The Bertz CT molecular complexity index is 382. The van der Waals surface area contributed by atoms with E-state index in [0.29, 0.717) is 22.1 Å². The summed E-state index contributed by atoms with van der Waals surface area (Å²) in [4.78, 5) is 0. The van der Waals surface area contributed by atoms with Crippen molar-refractivity contribution < 1.29 is 14.6 Å². The van der Waals surface area contributed by atoms with Crippen molar-refractivity contribution in [2.45, 2.75) is 26.1 Å². The van der Waals surface area contributed by atoms with Crippen LogP contribution in [0.15, 0.2) is 12.1 Å². The van der Waals surface area contributed by atoms with Gasteiger partial charge in [0.05, 0.1) is 19.3 Å². The minimum atomic E-state index is -0.823. The number of ether oxygens (including phenoxy) is 2. The normalized spacial score (nSPS) is 12.6. The largest absolute Gasteiger partial charge is 0.493 e. The monoisotopic (exact) mass is 259 g/mol. The van der Waals surface area contributed by atoms with Crippen molar-refractivity contribution in [2.24, 2.45) is 5.73 Å². The standard InChI is InChI=1S/C12H18ClNO3/c1-7(2)17-12-9(10(15)6-14)4-8(13)5-11(12)16-3/h4-5,7,10,15H,6,14H2,1-3H3. The number of aliphatic hydroxyl groups excluding tert-OH is 1. The smallest absolute Gasteiger partial charge is 0.167 e. The van der Waals surface area contributed by atoms with Crippen LogP contribution in [0, 0.1) is 0 Å². The third-order valence-electron chi connectivity index (χ3n) is 2.20. The van der Waals surface area contributed by atoms with Gasteiger partial charge in [0.25, 0.3) is 0 Å². The van der Waals surface area contributed by atoms with Crippen LogP contribution in [0.1, 0.15) is 25.5 Å². The van der Waals surface area contributed by atoms with Crippen LogP contribution in [0.3, 0.4) is 0 Å². The van der Waals surface area contributed by atoms with Crippen molar-refractivity contribution in [2.75, 3.05) is 13.7 Å². The van der Waals surface area contributed by atoms with Gasteiger partial charge in [-0.1, -0.05) is 11.6 Å².